The van der Waals surface area contributed by atoms with Crippen LogP contribution in [-0.4, -0.2) is 29.8 Å². The highest BCUT2D eigenvalue weighted by Crippen LogP contribution is 2.27. The van der Waals surface area contributed by atoms with Gasteiger partial charge in [-0.3, -0.25) is 9.98 Å². The molecule has 2 rings (SSSR count). The maximum atomic E-state index is 13.4. The van der Waals surface area contributed by atoms with Crippen LogP contribution in [0.25, 0.3) is 11.3 Å². The van der Waals surface area contributed by atoms with Gasteiger partial charge in [0.2, 0.25) is 0 Å². The molecular weight excluding hydrogens is 480 g/mol. The zero-order valence-electron chi connectivity index (χ0n) is 21.7. The molecule has 1 N–H and O–H groups in total. The second-order valence-corrected chi connectivity index (χ2v) is 8.37. The summed E-state index contributed by atoms with van der Waals surface area (Å²) in [7, 11) is 0. The van der Waals surface area contributed by atoms with Crippen LogP contribution in [0.3, 0.4) is 0 Å². The van der Waals surface area contributed by atoms with Gasteiger partial charge in [0.25, 0.3) is 0 Å². The molecule has 0 unspecified atom stereocenters. The van der Waals surface area contributed by atoms with Crippen molar-refractivity contribution in [2.75, 3.05) is 6.54 Å². The first-order chi connectivity index (χ1) is 17.7. The number of rotatable bonds is 11. The average Bonchev–Trinajstić information content (AvgIpc) is 2.87. The van der Waals surface area contributed by atoms with Crippen molar-refractivity contribution in [3.05, 3.63) is 89.2 Å². The Morgan fingerprint density at radius 3 is 2.35 bits per heavy atom. The molecule has 0 amide bonds. The molecule has 0 spiro atoms. The third kappa shape index (κ3) is 9.79. The Morgan fingerprint density at radius 2 is 1.73 bits per heavy atom. The second kappa shape index (κ2) is 14.9. The number of hydrogen-bond donors (Lipinski definition) is 1. The number of allylic oxidation sites excluding steroid dienone is 4. The number of nitrogens with zero attached hydrogens (tertiary/aromatic N) is 3. The number of halogens is 4. The Morgan fingerprint density at radius 1 is 1.03 bits per heavy atom. The topological polar surface area (TPSA) is 49.6 Å². The van der Waals surface area contributed by atoms with Crippen LogP contribution < -0.4 is 5.32 Å². The summed E-state index contributed by atoms with van der Waals surface area (Å²) in [6.45, 7) is 7.61. The predicted molar refractivity (Wildman–Crippen MR) is 144 cm³/mol. The number of amidine groups is 1. The Kier molecular flexibility index (Phi) is 11.9. The van der Waals surface area contributed by atoms with Gasteiger partial charge < -0.3 is 5.32 Å². The third-order valence-electron chi connectivity index (χ3n) is 5.33. The summed E-state index contributed by atoms with van der Waals surface area (Å²) in [6, 6.07) is 9.81. The lowest BCUT2D eigenvalue weighted by molar-refractivity contribution is -0.0925. The monoisotopic (exact) mass is 514 g/mol. The molecule has 1 aromatic carbocycles. The van der Waals surface area contributed by atoms with Crippen molar-refractivity contribution >= 4 is 12.1 Å². The Labute approximate surface area is 216 Å². The van der Waals surface area contributed by atoms with Gasteiger partial charge in [0.05, 0.1) is 12.2 Å². The van der Waals surface area contributed by atoms with Crippen molar-refractivity contribution in [3.8, 4) is 11.3 Å². The number of aliphatic imine (C=N–C) groups is 2. The van der Waals surface area contributed by atoms with Crippen LogP contribution in [0.1, 0.15) is 57.7 Å². The van der Waals surface area contributed by atoms with Gasteiger partial charge in [-0.1, -0.05) is 51.0 Å². The average molecular weight is 515 g/mol. The van der Waals surface area contributed by atoms with E-state index >= 15 is 0 Å². The quantitative estimate of drug-likeness (QED) is 0.187. The van der Waals surface area contributed by atoms with Crippen LogP contribution in [0.5, 0.6) is 0 Å². The molecule has 1 aromatic heterocycles. The number of aromatic nitrogens is 1. The van der Waals surface area contributed by atoms with Gasteiger partial charge in [-0.15, -0.1) is 0 Å². The lowest BCUT2D eigenvalue weighted by Crippen LogP contribution is -2.22. The van der Waals surface area contributed by atoms with E-state index in [1.165, 1.54) is 18.3 Å². The fourth-order valence-electron chi connectivity index (χ4n) is 3.18. The van der Waals surface area contributed by atoms with Crippen LogP contribution in [0.4, 0.5) is 17.6 Å². The van der Waals surface area contributed by atoms with E-state index in [1.54, 1.807) is 31.3 Å². The van der Waals surface area contributed by atoms with Crippen LogP contribution in [0.2, 0.25) is 0 Å². The van der Waals surface area contributed by atoms with Gasteiger partial charge in [-0.2, -0.15) is 13.2 Å². The standard InChI is InChI=1S/C29H34F4N4/c1-5-8-10-18-34-28(27-21(4)12-17-25(37-27)23-13-15-24(30)16-14-23)36-20-22(7-3)19-35-26(11-9-6-2)29(31,32)33/h7,10-19H,5-6,8-9,20H2,1-4H3,(H,34,36)/b18-10+,22-7+,26-11+,35-19+. The normalized spacial score (nSPS) is 13.7. The molecule has 0 bridgehead atoms. The summed E-state index contributed by atoms with van der Waals surface area (Å²) in [5.41, 5.74) is 2.46. The minimum absolute atomic E-state index is 0.102. The molecule has 1 heterocycles. The molecule has 4 nitrogen and oxygen atoms in total. The first kappa shape index (κ1) is 29.7. The number of nitrogens with one attached hydrogen (secondary N) is 1. The lowest BCUT2D eigenvalue weighted by atomic mass is 10.1. The Balaban J connectivity index is 2.40. The minimum atomic E-state index is -4.52. The SMILES string of the molecule is C\C=C(/C=N/C(=C/CCC)C(F)(F)F)CN=C(N/C=C/CCC)c1nc(-c2ccc(F)cc2)ccc1C. The Bertz CT molecular complexity index is 1160. The predicted octanol–water partition coefficient (Wildman–Crippen LogP) is 8.11. The number of hydrogen-bond acceptors (Lipinski definition) is 3. The fraction of sp³-hybridized carbons (Fsp3) is 0.345. The Hall–Kier alpha value is -3.55. The van der Waals surface area contributed by atoms with E-state index in [0.717, 1.165) is 30.0 Å². The summed E-state index contributed by atoms with van der Waals surface area (Å²) in [5.74, 6) is 0.138. The molecule has 0 aliphatic carbocycles. The molecule has 2 aromatic rings. The highest BCUT2D eigenvalue weighted by atomic mass is 19.4. The van der Waals surface area contributed by atoms with Crippen molar-refractivity contribution < 1.29 is 17.6 Å². The van der Waals surface area contributed by atoms with Crippen LogP contribution in [-0.2, 0) is 0 Å². The van der Waals surface area contributed by atoms with Crippen LogP contribution >= 0.6 is 0 Å². The molecule has 0 radical (unpaired) electrons. The second-order valence-electron chi connectivity index (χ2n) is 8.37. The third-order valence-corrected chi connectivity index (χ3v) is 5.33. The van der Waals surface area contributed by atoms with E-state index in [1.807, 2.05) is 32.1 Å². The van der Waals surface area contributed by atoms with Crippen molar-refractivity contribution in [2.45, 2.75) is 59.6 Å². The van der Waals surface area contributed by atoms with Gasteiger partial charge >= 0.3 is 6.18 Å². The molecule has 37 heavy (non-hydrogen) atoms. The summed E-state index contributed by atoms with van der Waals surface area (Å²) in [4.78, 5) is 13.1. The van der Waals surface area contributed by atoms with Gasteiger partial charge in [0.1, 0.15) is 17.2 Å². The fourth-order valence-corrected chi connectivity index (χ4v) is 3.18. The van der Waals surface area contributed by atoms with E-state index in [9.17, 15) is 17.6 Å². The highest BCUT2D eigenvalue weighted by Gasteiger charge is 2.33. The first-order valence-electron chi connectivity index (χ1n) is 12.4. The van der Waals surface area contributed by atoms with E-state index in [-0.39, 0.29) is 12.4 Å². The smallest absolute Gasteiger partial charge is 0.345 e. The molecular formula is C29H34F4N4. The van der Waals surface area contributed by atoms with Crippen molar-refractivity contribution in [2.24, 2.45) is 9.98 Å². The molecule has 0 saturated heterocycles. The molecule has 0 atom stereocenters. The zero-order valence-corrected chi connectivity index (χ0v) is 21.7. The summed E-state index contributed by atoms with van der Waals surface area (Å²) in [6.07, 6.45) is 5.97. The van der Waals surface area contributed by atoms with E-state index < -0.39 is 11.9 Å². The number of benzene rings is 1. The van der Waals surface area contributed by atoms with Crippen LogP contribution in [0.15, 0.2) is 82.1 Å². The van der Waals surface area contributed by atoms with E-state index in [2.05, 4.69) is 22.2 Å². The number of pyridine rings is 1. The molecule has 198 valence electrons. The lowest BCUT2D eigenvalue weighted by Gasteiger charge is -2.12. The maximum Gasteiger partial charge on any atom is 0.433 e. The number of aryl methyl sites for hydroxylation is 1. The number of alkyl halides is 3. The highest BCUT2D eigenvalue weighted by molar-refractivity contribution is 5.99. The molecule has 0 saturated carbocycles. The zero-order chi connectivity index (χ0) is 27.3. The van der Waals surface area contributed by atoms with Gasteiger partial charge in [-0.25, -0.2) is 9.37 Å². The van der Waals surface area contributed by atoms with Crippen molar-refractivity contribution in [3.63, 3.8) is 0 Å². The van der Waals surface area contributed by atoms with Crippen molar-refractivity contribution in [1.29, 1.82) is 0 Å². The minimum Gasteiger partial charge on any atom is -0.345 e. The van der Waals surface area contributed by atoms with Gasteiger partial charge in [0, 0.05) is 11.8 Å². The summed E-state index contributed by atoms with van der Waals surface area (Å²) >= 11 is 0. The molecule has 8 heteroatoms. The van der Waals surface area contributed by atoms with Crippen LogP contribution in [0, 0.1) is 12.7 Å². The number of unbranched alkanes of at least 4 members (excludes halogenated alkanes) is 2. The summed E-state index contributed by atoms with van der Waals surface area (Å²) < 4.78 is 53.3. The van der Waals surface area contributed by atoms with Crippen molar-refractivity contribution in [1.82, 2.24) is 10.3 Å². The first-order valence-corrected chi connectivity index (χ1v) is 12.4. The molecule has 0 fully saturated rings. The van der Waals surface area contributed by atoms with E-state index in [0.29, 0.717) is 35.6 Å². The van der Waals surface area contributed by atoms with Gasteiger partial charge in [-0.05, 0) is 74.4 Å². The molecule has 0 aliphatic rings. The van der Waals surface area contributed by atoms with Gasteiger partial charge in [0.15, 0.2) is 5.84 Å². The molecule has 0 aliphatic heterocycles. The largest absolute Gasteiger partial charge is 0.433 e. The summed E-state index contributed by atoms with van der Waals surface area (Å²) in [5, 5.41) is 3.18. The van der Waals surface area contributed by atoms with E-state index in [4.69, 9.17) is 4.98 Å². The maximum absolute atomic E-state index is 13.4.